The second kappa shape index (κ2) is 6.85. The first-order valence-corrected chi connectivity index (χ1v) is 3.95. The monoisotopic (exact) mass is 172 g/mol. The summed E-state index contributed by atoms with van der Waals surface area (Å²) in [7, 11) is 3.02. The maximum Gasteiger partial charge on any atom is 0.305 e. The van der Waals surface area contributed by atoms with Crippen LogP contribution in [-0.2, 0) is 14.3 Å². The summed E-state index contributed by atoms with van der Waals surface area (Å²) in [6.07, 6.45) is 3.73. The largest absolute Gasteiger partial charge is 0.469 e. The summed E-state index contributed by atoms with van der Waals surface area (Å²) in [6.45, 7) is 3.60. The number of hydrogen-bond donors (Lipinski definition) is 0. The molecule has 0 spiro atoms. The smallest absolute Gasteiger partial charge is 0.305 e. The fourth-order valence-electron chi connectivity index (χ4n) is 0.899. The molecule has 0 amide bonds. The van der Waals surface area contributed by atoms with Gasteiger partial charge >= 0.3 is 5.97 Å². The normalized spacial score (nSPS) is 12.2. The van der Waals surface area contributed by atoms with Gasteiger partial charge in [0.05, 0.1) is 13.2 Å². The van der Waals surface area contributed by atoms with Gasteiger partial charge in [-0.2, -0.15) is 0 Å². The summed E-state index contributed by atoms with van der Waals surface area (Å²) in [6, 6.07) is 0. The molecule has 0 N–H and O–H groups in total. The standard InChI is InChI=1S/C9H16O3/c1-4-5-8(11-2)6-7-9(10)12-3/h4,8H,1,5-7H2,2-3H3. The minimum absolute atomic E-state index is 0.0848. The maximum atomic E-state index is 10.7. The molecule has 0 aromatic rings. The Kier molecular flexibility index (Phi) is 6.38. The SMILES string of the molecule is C=CCC(CCC(=O)OC)OC. The molecular weight excluding hydrogens is 156 g/mol. The fraction of sp³-hybridized carbons (Fsp3) is 0.667. The Morgan fingerprint density at radius 2 is 2.25 bits per heavy atom. The first-order chi connectivity index (χ1) is 5.74. The summed E-state index contributed by atoms with van der Waals surface area (Å²) >= 11 is 0. The summed E-state index contributed by atoms with van der Waals surface area (Å²) in [5.41, 5.74) is 0. The number of esters is 1. The van der Waals surface area contributed by atoms with Gasteiger partial charge < -0.3 is 9.47 Å². The van der Waals surface area contributed by atoms with E-state index in [1.807, 2.05) is 0 Å². The molecule has 0 aliphatic carbocycles. The molecular formula is C9H16O3. The van der Waals surface area contributed by atoms with E-state index < -0.39 is 0 Å². The molecule has 0 radical (unpaired) electrons. The summed E-state index contributed by atoms with van der Waals surface area (Å²) in [4.78, 5) is 10.7. The Morgan fingerprint density at radius 1 is 1.58 bits per heavy atom. The van der Waals surface area contributed by atoms with Crippen LogP contribution in [-0.4, -0.2) is 26.3 Å². The zero-order valence-corrected chi connectivity index (χ0v) is 7.71. The Balaban J connectivity index is 3.56. The van der Waals surface area contributed by atoms with Crippen molar-refractivity contribution in [2.75, 3.05) is 14.2 Å². The lowest BCUT2D eigenvalue weighted by molar-refractivity contribution is -0.141. The Bertz CT molecular complexity index is 143. The quantitative estimate of drug-likeness (QED) is 0.450. The molecule has 3 nitrogen and oxygen atoms in total. The molecule has 70 valence electrons. The highest BCUT2D eigenvalue weighted by molar-refractivity contribution is 5.69. The van der Waals surface area contributed by atoms with Crippen LogP contribution in [0.15, 0.2) is 12.7 Å². The molecule has 0 fully saturated rings. The zero-order valence-electron chi connectivity index (χ0n) is 7.71. The molecule has 0 aromatic carbocycles. The van der Waals surface area contributed by atoms with Crippen molar-refractivity contribution in [3.05, 3.63) is 12.7 Å². The third-order valence-corrected chi connectivity index (χ3v) is 1.66. The van der Waals surface area contributed by atoms with Crippen LogP contribution in [0.1, 0.15) is 19.3 Å². The predicted octanol–water partition coefficient (Wildman–Crippen LogP) is 1.53. The van der Waals surface area contributed by atoms with E-state index in [0.29, 0.717) is 12.8 Å². The van der Waals surface area contributed by atoms with Crippen molar-refractivity contribution in [1.29, 1.82) is 0 Å². The number of methoxy groups -OCH3 is 2. The van der Waals surface area contributed by atoms with E-state index in [9.17, 15) is 4.79 Å². The van der Waals surface area contributed by atoms with Crippen LogP contribution in [0, 0.1) is 0 Å². The molecule has 0 aromatic heterocycles. The van der Waals surface area contributed by atoms with E-state index in [4.69, 9.17) is 4.74 Å². The number of rotatable bonds is 6. The van der Waals surface area contributed by atoms with E-state index in [0.717, 1.165) is 6.42 Å². The van der Waals surface area contributed by atoms with Crippen molar-refractivity contribution in [1.82, 2.24) is 0 Å². The molecule has 0 saturated carbocycles. The van der Waals surface area contributed by atoms with Crippen LogP contribution in [0.5, 0.6) is 0 Å². The fourth-order valence-corrected chi connectivity index (χ4v) is 0.899. The molecule has 3 heteroatoms. The third kappa shape index (κ3) is 4.91. The van der Waals surface area contributed by atoms with Crippen molar-refractivity contribution in [2.45, 2.75) is 25.4 Å². The van der Waals surface area contributed by atoms with Gasteiger partial charge in [-0.1, -0.05) is 6.08 Å². The van der Waals surface area contributed by atoms with Crippen LogP contribution in [0.4, 0.5) is 0 Å². The van der Waals surface area contributed by atoms with Gasteiger partial charge in [-0.25, -0.2) is 0 Å². The molecule has 0 rings (SSSR count). The highest BCUT2D eigenvalue weighted by atomic mass is 16.5. The molecule has 1 atom stereocenters. The highest BCUT2D eigenvalue weighted by Gasteiger charge is 2.08. The van der Waals surface area contributed by atoms with E-state index in [-0.39, 0.29) is 12.1 Å². The van der Waals surface area contributed by atoms with Gasteiger partial charge in [-0.15, -0.1) is 6.58 Å². The van der Waals surface area contributed by atoms with Crippen LogP contribution in [0.3, 0.4) is 0 Å². The van der Waals surface area contributed by atoms with Crippen molar-refractivity contribution < 1.29 is 14.3 Å². The number of hydrogen-bond acceptors (Lipinski definition) is 3. The van der Waals surface area contributed by atoms with E-state index >= 15 is 0 Å². The van der Waals surface area contributed by atoms with E-state index in [2.05, 4.69) is 11.3 Å². The Morgan fingerprint density at radius 3 is 2.67 bits per heavy atom. The highest BCUT2D eigenvalue weighted by Crippen LogP contribution is 2.06. The summed E-state index contributed by atoms with van der Waals surface area (Å²) in [5.74, 6) is -0.193. The minimum atomic E-state index is -0.193. The van der Waals surface area contributed by atoms with Crippen LogP contribution < -0.4 is 0 Å². The molecule has 1 unspecified atom stereocenters. The van der Waals surface area contributed by atoms with Gasteiger partial charge in [0.2, 0.25) is 0 Å². The first kappa shape index (κ1) is 11.2. The van der Waals surface area contributed by atoms with Crippen molar-refractivity contribution >= 4 is 5.97 Å². The van der Waals surface area contributed by atoms with Gasteiger partial charge in [0.1, 0.15) is 0 Å². The Hall–Kier alpha value is -0.830. The van der Waals surface area contributed by atoms with Crippen LogP contribution in [0.25, 0.3) is 0 Å². The maximum absolute atomic E-state index is 10.7. The number of carbonyl (C=O) groups excluding carboxylic acids is 1. The van der Waals surface area contributed by atoms with Crippen molar-refractivity contribution in [2.24, 2.45) is 0 Å². The van der Waals surface area contributed by atoms with E-state index in [1.54, 1.807) is 13.2 Å². The molecule has 0 heterocycles. The topological polar surface area (TPSA) is 35.5 Å². The summed E-state index contributed by atoms with van der Waals surface area (Å²) < 4.78 is 9.61. The average Bonchev–Trinajstić information content (AvgIpc) is 2.11. The van der Waals surface area contributed by atoms with Crippen molar-refractivity contribution in [3.8, 4) is 0 Å². The Labute approximate surface area is 73.4 Å². The predicted molar refractivity (Wildman–Crippen MR) is 46.9 cm³/mol. The molecule has 0 aliphatic heterocycles. The van der Waals surface area contributed by atoms with Crippen LogP contribution >= 0.6 is 0 Å². The average molecular weight is 172 g/mol. The van der Waals surface area contributed by atoms with E-state index in [1.165, 1.54) is 7.11 Å². The lowest BCUT2D eigenvalue weighted by Gasteiger charge is -2.11. The van der Waals surface area contributed by atoms with Gasteiger partial charge in [0.15, 0.2) is 0 Å². The summed E-state index contributed by atoms with van der Waals surface area (Å²) in [5, 5.41) is 0. The lowest BCUT2D eigenvalue weighted by atomic mass is 10.1. The molecule has 0 bridgehead atoms. The second-order valence-corrected chi connectivity index (χ2v) is 2.50. The van der Waals surface area contributed by atoms with Crippen LogP contribution in [0.2, 0.25) is 0 Å². The lowest BCUT2D eigenvalue weighted by Crippen LogP contribution is -2.12. The third-order valence-electron chi connectivity index (χ3n) is 1.66. The van der Waals surface area contributed by atoms with Gasteiger partial charge in [0.25, 0.3) is 0 Å². The molecule has 0 aliphatic rings. The number of carbonyl (C=O) groups is 1. The first-order valence-electron chi connectivity index (χ1n) is 3.95. The zero-order chi connectivity index (χ0) is 9.40. The van der Waals surface area contributed by atoms with Crippen molar-refractivity contribution in [3.63, 3.8) is 0 Å². The number of ether oxygens (including phenoxy) is 2. The molecule has 12 heavy (non-hydrogen) atoms. The molecule has 0 saturated heterocycles. The van der Waals surface area contributed by atoms with Gasteiger partial charge in [-0.05, 0) is 12.8 Å². The second-order valence-electron chi connectivity index (χ2n) is 2.50. The van der Waals surface area contributed by atoms with Gasteiger partial charge in [0, 0.05) is 13.5 Å². The minimum Gasteiger partial charge on any atom is -0.469 e. The van der Waals surface area contributed by atoms with Gasteiger partial charge in [-0.3, -0.25) is 4.79 Å².